The third-order valence-electron chi connectivity index (χ3n) is 2.73. The van der Waals surface area contributed by atoms with E-state index in [2.05, 4.69) is 0 Å². The third-order valence-corrected chi connectivity index (χ3v) is 4.93. The van der Waals surface area contributed by atoms with Gasteiger partial charge in [-0.1, -0.05) is 33.6 Å². The van der Waals surface area contributed by atoms with E-state index >= 15 is 0 Å². The molecule has 0 spiro atoms. The van der Waals surface area contributed by atoms with Gasteiger partial charge in [-0.05, 0) is 12.3 Å². The number of carboxylic acid groups (broad SMARTS) is 1. The van der Waals surface area contributed by atoms with Crippen molar-refractivity contribution in [3.8, 4) is 0 Å². The van der Waals surface area contributed by atoms with Crippen molar-refractivity contribution >= 4 is 13.3 Å². The number of hydrogen-bond acceptors (Lipinski definition) is 2. The van der Waals surface area contributed by atoms with E-state index in [0.29, 0.717) is 6.42 Å². The standard InChI is InChI=1S/C11H23O4P/c1-4-6-9(3)7-16(14,15)8-10(5-2)11(12)13/h9-10H,4-8H2,1-3H3,(H,12,13)(H,14,15). The molecule has 96 valence electrons. The molecule has 5 heteroatoms. The highest BCUT2D eigenvalue weighted by Gasteiger charge is 2.28. The minimum atomic E-state index is -3.29. The molecule has 0 aromatic carbocycles. The van der Waals surface area contributed by atoms with Crippen molar-refractivity contribution in [2.75, 3.05) is 12.3 Å². The molecule has 3 unspecified atom stereocenters. The molecule has 0 heterocycles. The summed E-state index contributed by atoms with van der Waals surface area (Å²) >= 11 is 0. The summed E-state index contributed by atoms with van der Waals surface area (Å²) in [6, 6.07) is 0. The Hall–Kier alpha value is -0.340. The Morgan fingerprint density at radius 3 is 2.25 bits per heavy atom. The van der Waals surface area contributed by atoms with Gasteiger partial charge in [0.15, 0.2) is 0 Å². The lowest BCUT2D eigenvalue weighted by molar-refractivity contribution is -0.141. The number of carbonyl (C=O) groups is 1. The van der Waals surface area contributed by atoms with Gasteiger partial charge in [0.2, 0.25) is 7.37 Å². The number of aliphatic carboxylic acids is 1. The van der Waals surface area contributed by atoms with E-state index in [4.69, 9.17) is 5.11 Å². The summed E-state index contributed by atoms with van der Waals surface area (Å²) in [4.78, 5) is 20.5. The molecule has 0 saturated heterocycles. The lowest BCUT2D eigenvalue weighted by atomic mass is 10.1. The Labute approximate surface area is 97.5 Å². The molecule has 0 fully saturated rings. The maximum Gasteiger partial charge on any atom is 0.307 e. The molecule has 0 saturated carbocycles. The van der Waals surface area contributed by atoms with Crippen LogP contribution >= 0.6 is 7.37 Å². The highest BCUT2D eigenvalue weighted by atomic mass is 31.2. The van der Waals surface area contributed by atoms with Crippen molar-refractivity contribution in [2.24, 2.45) is 11.8 Å². The van der Waals surface area contributed by atoms with Gasteiger partial charge < -0.3 is 10.00 Å². The Kier molecular flexibility index (Phi) is 6.93. The average molecular weight is 250 g/mol. The highest BCUT2D eigenvalue weighted by Crippen LogP contribution is 2.45. The molecule has 0 bridgehead atoms. The Bertz CT molecular complexity index is 265. The van der Waals surface area contributed by atoms with E-state index in [9.17, 15) is 14.3 Å². The molecule has 0 rings (SSSR count). The first-order chi connectivity index (χ1) is 7.32. The van der Waals surface area contributed by atoms with Crippen LogP contribution in [0.1, 0.15) is 40.0 Å². The molecule has 0 amide bonds. The first-order valence-corrected chi connectivity index (χ1v) is 7.89. The first-order valence-electron chi connectivity index (χ1n) is 5.86. The number of hydrogen-bond donors (Lipinski definition) is 2. The minimum Gasteiger partial charge on any atom is -0.481 e. The van der Waals surface area contributed by atoms with Crippen LogP contribution in [0.4, 0.5) is 0 Å². The van der Waals surface area contributed by atoms with E-state index in [-0.39, 0.29) is 18.2 Å². The molecule has 0 aromatic heterocycles. The molecular formula is C11H23O4P. The molecule has 16 heavy (non-hydrogen) atoms. The van der Waals surface area contributed by atoms with Crippen LogP contribution in [0.15, 0.2) is 0 Å². The number of carboxylic acids is 1. The SMILES string of the molecule is CCCC(C)CP(=O)(O)CC(CC)C(=O)O. The van der Waals surface area contributed by atoms with Crippen molar-refractivity contribution in [2.45, 2.75) is 40.0 Å². The summed E-state index contributed by atoms with van der Waals surface area (Å²) in [5.41, 5.74) is 0. The Morgan fingerprint density at radius 1 is 1.31 bits per heavy atom. The van der Waals surface area contributed by atoms with Crippen molar-refractivity contribution in [1.82, 2.24) is 0 Å². The lowest BCUT2D eigenvalue weighted by Crippen LogP contribution is -2.19. The van der Waals surface area contributed by atoms with E-state index in [1.165, 1.54) is 0 Å². The third kappa shape index (κ3) is 6.29. The molecule has 0 aliphatic heterocycles. The fourth-order valence-electron chi connectivity index (χ4n) is 1.87. The largest absolute Gasteiger partial charge is 0.481 e. The summed E-state index contributed by atoms with van der Waals surface area (Å²) in [6.07, 6.45) is 2.45. The van der Waals surface area contributed by atoms with Crippen molar-refractivity contribution in [3.63, 3.8) is 0 Å². The smallest absolute Gasteiger partial charge is 0.307 e. The topological polar surface area (TPSA) is 74.6 Å². The zero-order valence-corrected chi connectivity index (χ0v) is 11.2. The first kappa shape index (κ1) is 15.7. The summed E-state index contributed by atoms with van der Waals surface area (Å²) in [6.45, 7) is 5.70. The van der Waals surface area contributed by atoms with Crippen molar-refractivity contribution in [3.05, 3.63) is 0 Å². The van der Waals surface area contributed by atoms with Crippen molar-refractivity contribution < 1.29 is 19.4 Å². The van der Waals surface area contributed by atoms with Crippen LogP contribution in [-0.4, -0.2) is 28.3 Å². The summed E-state index contributed by atoms with van der Waals surface area (Å²) in [5, 5.41) is 8.84. The monoisotopic (exact) mass is 250 g/mol. The predicted octanol–water partition coefficient (Wildman–Crippen LogP) is 2.80. The Balaban J connectivity index is 4.32. The zero-order chi connectivity index (χ0) is 12.8. The predicted molar refractivity (Wildman–Crippen MR) is 65.0 cm³/mol. The fraction of sp³-hybridized carbons (Fsp3) is 0.909. The van der Waals surface area contributed by atoms with E-state index in [0.717, 1.165) is 12.8 Å². The molecule has 0 radical (unpaired) electrons. The molecular weight excluding hydrogens is 227 g/mol. The second-order valence-corrected chi connectivity index (χ2v) is 6.97. The molecule has 0 aliphatic carbocycles. The van der Waals surface area contributed by atoms with Gasteiger partial charge in [0.1, 0.15) is 0 Å². The molecule has 2 N–H and O–H groups in total. The van der Waals surface area contributed by atoms with Crippen LogP contribution in [-0.2, 0) is 9.36 Å². The van der Waals surface area contributed by atoms with Crippen molar-refractivity contribution in [1.29, 1.82) is 0 Å². The summed E-state index contributed by atoms with van der Waals surface area (Å²) < 4.78 is 11.9. The zero-order valence-electron chi connectivity index (χ0n) is 10.3. The van der Waals surface area contributed by atoms with Gasteiger partial charge in [-0.2, -0.15) is 0 Å². The molecule has 0 aromatic rings. The molecule has 3 atom stereocenters. The van der Waals surface area contributed by atoms with Crippen LogP contribution in [0.2, 0.25) is 0 Å². The molecule has 4 nitrogen and oxygen atoms in total. The van der Waals surface area contributed by atoms with Gasteiger partial charge in [-0.3, -0.25) is 9.36 Å². The van der Waals surface area contributed by atoms with Gasteiger partial charge >= 0.3 is 5.97 Å². The van der Waals surface area contributed by atoms with Crippen LogP contribution in [0.25, 0.3) is 0 Å². The summed E-state index contributed by atoms with van der Waals surface area (Å²) in [7, 11) is -3.29. The number of rotatable bonds is 8. The summed E-state index contributed by atoms with van der Waals surface area (Å²) in [5.74, 6) is -1.48. The lowest BCUT2D eigenvalue weighted by Gasteiger charge is -2.19. The van der Waals surface area contributed by atoms with E-state index in [1.807, 2.05) is 13.8 Å². The van der Waals surface area contributed by atoms with Gasteiger partial charge in [-0.25, -0.2) is 0 Å². The fourth-order valence-corrected chi connectivity index (χ4v) is 4.28. The average Bonchev–Trinajstić information content (AvgIpc) is 2.13. The second kappa shape index (κ2) is 7.08. The van der Waals surface area contributed by atoms with Gasteiger partial charge in [0.05, 0.1) is 5.92 Å². The second-order valence-electron chi connectivity index (χ2n) is 4.55. The van der Waals surface area contributed by atoms with Crippen LogP contribution < -0.4 is 0 Å². The Morgan fingerprint density at radius 2 is 1.88 bits per heavy atom. The van der Waals surface area contributed by atoms with Crippen LogP contribution in [0.5, 0.6) is 0 Å². The van der Waals surface area contributed by atoms with Crippen LogP contribution in [0.3, 0.4) is 0 Å². The van der Waals surface area contributed by atoms with E-state index in [1.54, 1.807) is 6.92 Å². The highest BCUT2D eigenvalue weighted by molar-refractivity contribution is 7.58. The quantitative estimate of drug-likeness (QED) is 0.649. The van der Waals surface area contributed by atoms with Crippen LogP contribution in [0, 0.1) is 11.8 Å². The van der Waals surface area contributed by atoms with Gasteiger partial charge in [-0.15, -0.1) is 0 Å². The maximum atomic E-state index is 11.9. The molecule has 0 aliphatic rings. The minimum absolute atomic E-state index is 0.0904. The van der Waals surface area contributed by atoms with Gasteiger partial charge in [0.25, 0.3) is 0 Å². The normalized spacial score (nSPS) is 18.8. The maximum absolute atomic E-state index is 11.9. The van der Waals surface area contributed by atoms with Gasteiger partial charge in [0, 0.05) is 12.3 Å². The van der Waals surface area contributed by atoms with E-state index < -0.39 is 19.3 Å².